The lowest BCUT2D eigenvalue weighted by molar-refractivity contribution is 0.888. The van der Waals surface area contributed by atoms with Gasteiger partial charge >= 0.3 is 0 Å². The molecule has 0 saturated heterocycles. The van der Waals surface area contributed by atoms with Crippen molar-refractivity contribution < 1.29 is 0 Å². The van der Waals surface area contributed by atoms with E-state index in [1.807, 2.05) is 0 Å². The zero-order chi connectivity index (χ0) is 29.5. The van der Waals surface area contributed by atoms with E-state index >= 15 is 0 Å². The van der Waals surface area contributed by atoms with Gasteiger partial charge in [0.05, 0.1) is 27.6 Å². The van der Waals surface area contributed by atoms with Gasteiger partial charge in [0.25, 0.3) is 0 Å². The Hall–Kier alpha value is -5.80. The van der Waals surface area contributed by atoms with E-state index in [1.165, 1.54) is 82.8 Å². The molecule has 9 aromatic rings. The summed E-state index contributed by atoms with van der Waals surface area (Å²) in [5.74, 6) is 0. The van der Waals surface area contributed by atoms with E-state index in [4.69, 9.17) is 0 Å². The quantitative estimate of drug-likeness (QED) is 0.199. The van der Waals surface area contributed by atoms with Crippen LogP contribution in [0.3, 0.4) is 0 Å². The van der Waals surface area contributed by atoms with Crippen molar-refractivity contribution in [2.45, 2.75) is 12.8 Å². The molecule has 10 rings (SSSR count). The largest absolute Gasteiger partial charge is 0.313 e. The third-order valence-corrected chi connectivity index (χ3v) is 9.68. The number of allylic oxidation sites excluding steroid dienone is 1. The van der Waals surface area contributed by atoms with Crippen LogP contribution in [0.25, 0.3) is 77.7 Å². The van der Waals surface area contributed by atoms with Gasteiger partial charge in [0.15, 0.2) is 0 Å². The fraction of sp³-hybridized carbons (Fsp3) is 0.0476. The highest BCUT2D eigenvalue weighted by Gasteiger charge is 2.22. The van der Waals surface area contributed by atoms with Crippen molar-refractivity contribution in [2.24, 2.45) is 0 Å². The van der Waals surface area contributed by atoms with Gasteiger partial charge < -0.3 is 13.7 Å². The van der Waals surface area contributed by atoms with Crippen LogP contribution in [0.15, 0.2) is 146 Å². The normalized spacial score (nSPS) is 13.1. The predicted molar refractivity (Wildman–Crippen MR) is 189 cm³/mol. The summed E-state index contributed by atoms with van der Waals surface area (Å²) in [7, 11) is 0. The first-order chi connectivity index (χ1) is 22.3. The Bertz CT molecular complexity index is 2630. The molecule has 0 saturated carbocycles. The maximum absolute atomic E-state index is 2.49. The maximum Gasteiger partial charge on any atom is 0.0562 e. The number of aromatic nitrogens is 3. The van der Waals surface area contributed by atoms with E-state index in [2.05, 4.69) is 165 Å². The predicted octanol–water partition coefficient (Wildman–Crippen LogP) is 10.8. The highest BCUT2D eigenvalue weighted by molar-refractivity contribution is 6.15. The minimum absolute atomic E-state index is 1.04. The third-order valence-electron chi connectivity index (χ3n) is 9.68. The van der Waals surface area contributed by atoms with Crippen molar-refractivity contribution >= 4 is 60.6 Å². The van der Waals surface area contributed by atoms with Crippen molar-refractivity contribution in [3.63, 3.8) is 0 Å². The molecule has 3 heteroatoms. The Morgan fingerprint density at radius 2 is 0.933 bits per heavy atom. The van der Waals surface area contributed by atoms with Crippen LogP contribution in [0.5, 0.6) is 0 Å². The second-order valence-corrected chi connectivity index (χ2v) is 12.1. The monoisotopic (exact) mass is 575 g/mol. The zero-order valence-electron chi connectivity index (χ0n) is 24.7. The fourth-order valence-corrected chi connectivity index (χ4v) is 7.79. The number of hydrogen-bond donors (Lipinski definition) is 0. The lowest BCUT2D eigenvalue weighted by atomic mass is 10.0. The number of benzene rings is 6. The second-order valence-electron chi connectivity index (χ2n) is 12.1. The lowest BCUT2D eigenvalue weighted by Crippen LogP contribution is -2.02. The van der Waals surface area contributed by atoms with Crippen LogP contribution < -0.4 is 0 Å². The van der Waals surface area contributed by atoms with E-state index in [-0.39, 0.29) is 0 Å². The van der Waals surface area contributed by atoms with Gasteiger partial charge in [0.2, 0.25) is 0 Å². The summed E-state index contributed by atoms with van der Waals surface area (Å²) in [5, 5.41) is 6.41. The number of para-hydroxylation sites is 4. The standard InChI is InChI=1S/C42H29N3/c1-3-13-28(14-4-1)43-37-20-10-7-17-31(37)34-25-30(23-24-40(34)43)45-39-22-12-9-19-33(39)36-26-35-32-18-8-11-21-38(32)44(41(35)27-42(36)45)29-15-5-2-6-16-29/h1-10,12-20,22-27H,11,21H2. The summed E-state index contributed by atoms with van der Waals surface area (Å²) >= 11 is 0. The summed E-state index contributed by atoms with van der Waals surface area (Å²) in [5.41, 5.74) is 12.5. The summed E-state index contributed by atoms with van der Waals surface area (Å²) in [4.78, 5) is 0. The lowest BCUT2D eigenvalue weighted by Gasteiger charge is -2.13. The van der Waals surface area contributed by atoms with Crippen molar-refractivity contribution in [3.05, 3.63) is 157 Å². The molecule has 3 nitrogen and oxygen atoms in total. The van der Waals surface area contributed by atoms with E-state index in [0.717, 1.165) is 12.8 Å². The van der Waals surface area contributed by atoms with Crippen molar-refractivity contribution in [1.82, 2.24) is 13.7 Å². The number of fused-ring (bicyclic) bond motifs is 9. The molecule has 0 amide bonds. The van der Waals surface area contributed by atoms with Crippen LogP contribution in [0.2, 0.25) is 0 Å². The van der Waals surface area contributed by atoms with E-state index < -0.39 is 0 Å². The Balaban J connectivity index is 1.30. The van der Waals surface area contributed by atoms with Crippen LogP contribution >= 0.6 is 0 Å². The smallest absolute Gasteiger partial charge is 0.0562 e. The molecule has 3 aromatic heterocycles. The van der Waals surface area contributed by atoms with Gasteiger partial charge in [-0.05, 0) is 79.6 Å². The van der Waals surface area contributed by atoms with Crippen molar-refractivity contribution in [2.75, 3.05) is 0 Å². The molecule has 3 heterocycles. The average molecular weight is 576 g/mol. The topological polar surface area (TPSA) is 14.8 Å². The van der Waals surface area contributed by atoms with Crippen LogP contribution in [0.4, 0.5) is 0 Å². The second kappa shape index (κ2) is 9.35. The van der Waals surface area contributed by atoms with E-state index in [9.17, 15) is 0 Å². The first-order valence-corrected chi connectivity index (χ1v) is 15.8. The van der Waals surface area contributed by atoms with Gasteiger partial charge in [-0.2, -0.15) is 0 Å². The first-order valence-electron chi connectivity index (χ1n) is 15.8. The molecule has 0 unspecified atom stereocenters. The maximum atomic E-state index is 2.49. The van der Waals surface area contributed by atoms with Crippen LogP contribution in [-0.2, 0) is 6.42 Å². The van der Waals surface area contributed by atoms with Crippen LogP contribution in [0, 0.1) is 0 Å². The van der Waals surface area contributed by atoms with Gasteiger partial charge in [-0.15, -0.1) is 0 Å². The van der Waals surface area contributed by atoms with Gasteiger partial charge in [-0.1, -0.05) is 84.9 Å². The van der Waals surface area contributed by atoms with Gasteiger partial charge in [-0.3, -0.25) is 0 Å². The summed E-state index contributed by atoms with van der Waals surface area (Å²) in [6, 6.07) is 51.0. The molecule has 45 heavy (non-hydrogen) atoms. The molecule has 6 aromatic carbocycles. The zero-order valence-corrected chi connectivity index (χ0v) is 24.7. The molecule has 212 valence electrons. The molecular formula is C42H29N3. The highest BCUT2D eigenvalue weighted by Crippen LogP contribution is 2.41. The Morgan fingerprint density at radius 3 is 1.64 bits per heavy atom. The van der Waals surface area contributed by atoms with Crippen LogP contribution in [-0.4, -0.2) is 13.7 Å². The Kier molecular flexibility index (Phi) is 5.11. The molecule has 1 aliphatic rings. The minimum atomic E-state index is 1.04. The van der Waals surface area contributed by atoms with Crippen molar-refractivity contribution in [3.8, 4) is 17.1 Å². The minimum Gasteiger partial charge on any atom is -0.313 e. The summed E-state index contributed by atoms with van der Waals surface area (Å²) in [6.07, 6.45) is 6.78. The third kappa shape index (κ3) is 3.46. The summed E-state index contributed by atoms with van der Waals surface area (Å²) in [6.45, 7) is 0. The number of hydrogen-bond acceptors (Lipinski definition) is 0. The Labute approximate surface area is 260 Å². The van der Waals surface area contributed by atoms with E-state index in [0.29, 0.717) is 0 Å². The molecular weight excluding hydrogens is 546 g/mol. The molecule has 0 atom stereocenters. The van der Waals surface area contributed by atoms with Gasteiger partial charge in [-0.25, -0.2) is 0 Å². The van der Waals surface area contributed by atoms with Crippen molar-refractivity contribution in [1.29, 1.82) is 0 Å². The fourth-order valence-electron chi connectivity index (χ4n) is 7.79. The molecule has 0 spiro atoms. The number of nitrogens with zero attached hydrogens (tertiary/aromatic N) is 3. The van der Waals surface area contributed by atoms with E-state index in [1.54, 1.807) is 0 Å². The first kappa shape index (κ1) is 24.6. The highest BCUT2D eigenvalue weighted by atomic mass is 15.0. The molecule has 0 N–H and O–H groups in total. The van der Waals surface area contributed by atoms with Gasteiger partial charge in [0, 0.05) is 55.3 Å². The molecule has 0 fully saturated rings. The molecule has 1 aliphatic carbocycles. The summed E-state index contributed by atoms with van der Waals surface area (Å²) < 4.78 is 7.34. The Morgan fingerprint density at radius 1 is 0.378 bits per heavy atom. The van der Waals surface area contributed by atoms with Gasteiger partial charge in [0.1, 0.15) is 0 Å². The molecule has 0 aliphatic heterocycles. The van der Waals surface area contributed by atoms with Crippen LogP contribution in [0.1, 0.15) is 17.7 Å². The molecule has 0 radical (unpaired) electrons. The average Bonchev–Trinajstić information content (AvgIpc) is 3.73. The SMILES string of the molecule is C1=Cc2c(n(-c3ccccc3)c3cc4c(cc23)c2ccccc2n4-c2ccc3c(c2)c2ccccc2n3-c2ccccc2)CC1. The molecule has 0 bridgehead atoms. The number of rotatable bonds is 3.